The number of non-ortho nitro benzene ring substituents is 1. The fraction of sp³-hybridized carbons (Fsp3) is 0.235. The summed E-state index contributed by atoms with van der Waals surface area (Å²) in [6.07, 6.45) is 0. The molecule has 0 aromatic heterocycles. The van der Waals surface area contributed by atoms with Gasteiger partial charge < -0.3 is 5.32 Å². The molecular weight excluding hydrogens is 280 g/mol. The third kappa shape index (κ3) is 3.69. The number of benzene rings is 2. The van der Waals surface area contributed by atoms with Gasteiger partial charge in [-0.25, -0.2) is 0 Å². The number of amides is 1. The van der Waals surface area contributed by atoms with E-state index >= 15 is 0 Å². The quantitative estimate of drug-likeness (QED) is 0.675. The van der Waals surface area contributed by atoms with Crippen LogP contribution in [0.2, 0.25) is 0 Å². The molecule has 0 spiro atoms. The molecule has 1 unspecified atom stereocenters. The zero-order valence-electron chi connectivity index (χ0n) is 12.5. The van der Waals surface area contributed by atoms with Gasteiger partial charge in [0.25, 0.3) is 11.6 Å². The Morgan fingerprint density at radius 3 is 2.14 bits per heavy atom. The number of hydrogen-bond acceptors (Lipinski definition) is 3. The summed E-state index contributed by atoms with van der Waals surface area (Å²) in [6, 6.07) is 15.2. The highest BCUT2D eigenvalue weighted by Crippen LogP contribution is 2.22. The summed E-state index contributed by atoms with van der Waals surface area (Å²) < 4.78 is 0. The fourth-order valence-corrected chi connectivity index (χ4v) is 2.25. The molecule has 0 radical (unpaired) electrons. The van der Waals surface area contributed by atoms with E-state index in [9.17, 15) is 14.9 Å². The smallest absolute Gasteiger partial charge is 0.269 e. The lowest BCUT2D eigenvalue weighted by Gasteiger charge is -2.23. The van der Waals surface area contributed by atoms with Crippen molar-refractivity contribution in [2.75, 3.05) is 0 Å². The van der Waals surface area contributed by atoms with E-state index in [0.717, 1.165) is 5.56 Å². The van der Waals surface area contributed by atoms with Crippen LogP contribution in [0, 0.1) is 16.0 Å². The molecule has 0 saturated carbocycles. The number of nitrogens with one attached hydrogen (secondary N) is 1. The molecule has 0 heterocycles. The van der Waals surface area contributed by atoms with E-state index < -0.39 is 4.92 Å². The van der Waals surface area contributed by atoms with Crippen LogP contribution in [-0.2, 0) is 0 Å². The Hall–Kier alpha value is -2.69. The van der Waals surface area contributed by atoms with E-state index in [1.165, 1.54) is 24.3 Å². The van der Waals surface area contributed by atoms with E-state index in [1.54, 1.807) is 0 Å². The van der Waals surface area contributed by atoms with Crippen molar-refractivity contribution in [1.82, 2.24) is 5.32 Å². The molecule has 0 aliphatic rings. The van der Waals surface area contributed by atoms with Gasteiger partial charge in [0.2, 0.25) is 0 Å². The van der Waals surface area contributed by atoms with Crippen molar-refractivity contribution in [2.45, 2.75) is 19.9 Å². The highest BCUT2D eigenvalue weighted by molar-refractivity contribution is 5.94. The molecule has 5 nitrogen and oxygen atoms in total. The van der Waals surface area contributed by atoms with Crippen molar-refractivity contribution >= 4 is 11.6 Å². The average molecular weight is 298 g/mol. The Kier molecular flexibility index (Phi) is 4.88. The summed E-state index contributed by atoms with van der Waals surface area (Å²) >= 11 is 0. The van der Waals surface area contributed by atoms with Crippen LogP contribution in [0.4, 0.5) is 5.69 Å². The van der Waals surface area contributed by atoms with Crippen LogP contribution in [0.3, 0.4) is 0 Å². The highest BCUT2D eigenvalue weighted by atomic mass is 16.6. The Labute approximate surface area is 129 Å². The molecule has 5 heteroatoms. The second-order valence-corrected chi connectivity index (χ2v) is 5.41. The van der Waals surface area contributed by atoms with Gasteiger partial charge in [-0.15, -0.1) is 0 Å². The van der Waals surface area contributed by atoms with Crippen molar-refractivity contribution in [3.63, 3.8) is 0 Å². The van der Waals surface area contributed by atoms with Crippen LogP contribution in [0.5, 0.6) is 0 Å². The largest absolute Gasteiger partial charge is 0.345 e. The second-order valence-electron chi connectivity index (χ2n) is 5.41. The van der Waals surface area contributed by atoms with Gasteiger partial charge in [0.05, 0.1) is 11.0 Å². The Balaban J connectivity index is 2.16. The molecule has 2 rings (SSSR count). The molecule has 0 aliphatic heterocycles. The van der Waals surface area contributed by atoms with Crippen LogP contribution in [0.1, 0.15) is 35.8 Å². The number of nitrogens with zero attached hydrogens (tertiary/aromatic N) is 1. The normalized spacial score (nSPS) is 12.0. The number of rotatable bonds is 5. The fourth-order valence-electron chi connectivity index (χ4n) is 2.25. The zero-order chi connectivity index (χ0) is 16.1. The third-order valence-corrected chi connectivity index (χ3v) is 3.45. The van der Waals surface area contributed by atoms with Crippen molar-refractivity contribution < 1.29 is 9.72 Å². The summed E-state index contributed by atoms with van der Waals surface area (Å²) in [6.45, 7) is 4.07. The van der Waals surface area contributed by atoms with Gasteiger partial charge in [-0.1, -0.05) is 44.2 Å². The Bertz CT molecular complexity index is 651. The summed E-state index contributed by atoms with van der Waals surface area (Å²) in [5.74, 6) is -0.0122. The number of carbonyl (C=O) groups is 1. The number of nitro groups is 1. The maximum Gasteiger partial charge on any atom is 0.269 e. The highest BCUT2D eigenvalue weighted by Gasteiger charge is 2.19. The van der Waals surface area contributed by atoms with Gasteiger partial charge >= 0.3 is 0 Å². The zero-order valence-corrected chi connectivity index (χ0v) is 12.5. The maximum atomic E-state index is 12.3. The number of hydrogen-bond donors (Lipinski definition) is 1. The summed E-state index contributed by atoms with van der Waals surface area (Å²) in [5.41, 5.74) is 1.42. The summed E-state index contributed by atoms with van der Waals surface area (Å²) in [7, 11) is 0. The molecule has 1 amide bonds. The summed E-state index contributed by atoms with van der Waals surface area (Å²) in [5, 5.41) is 13.6. The first-order valence-electron chi connectivity index (χ1n) is 7.09. The first-order chi connectivity index (χ1) is 10.5. The van der Waals surface area contributed by atoms with Crippen LogP contribution in [0.15, 0.2) is 54.6 Å². The number of carbonyl (C=O) groups excluding carboxylic acids is 1. The third-order valence-electron chi connectivity index (χ3n) is 3.45. The van der Waals surface area contributed by atoms with Crippen LogP contribution in [0.25, 0.3) is 0 Å². The van der Waals surface area contributed by atoms with Crippen molar-refractivity contribution in [2.24, 2.45) is 5.92 Å². The minimum absolute atomic E-state index is 0.0278. The molecule has 0 fully saturated rings. The van der Waals surface area contributed by atoms with Crippen molar-refractivity contribution in [1.29, 1.82) is 0 Å². The van der Waals surface area contributed by atoms with Crippen LogP contribution in [-0.4, -0.2) is 10.8 Å². The van der Waals surface area contributed by atoms with Crippen molar-refractivity contribution in [3.05, 3.63) is 75.8 Å². The van der Waals surface area contributed by atoms with E-state index in [0.29, 0.717) is 5.56 Å². The molecule has 1 N–H and O–H groups in total. The standard InChI is InChI=1S/C17H18N2O3/c1-12(2)16(13-6-4-3-5-7-13)18-17(20)14-8-10-15(11-9-14)19(21)22/h3-12,16H,1-2H3,(H,18,20). The lowest BCUT2D eigenvalue weighted by molar-refractivity contribution is -0.384. The molecule has 0 bridgehead atoms. The lowest BCUT2D eigenvalue weighted by Crippen LogP contribution is -2.31. The monoisotopic (exact) mass is 298 g/mol. The molecule has 2 aromatic rings. The first kappa shape index (κ1) is 15.7. The van der Waals surface area contributed by atoms with E-state index in [4.69, 9.17) is 0 Å². The summed E-state index contributed by atoms with van der Waals surface area (Å²) in [4.78, 5) is 22.5. The van der Waals surface area contributed by atoms with Gasteiger partial charge in [-0.05, 0) is 23.6 Å². The number of nitro benzene ring substituents is 1. The molecule has 22 heavy (non-hydrogen) atoms. The molecule has 114 valence electrons. The van der Waals surface area contributed by atoms with Crippen molar-refractivity contribution in [3.8, 4) is 0 Å². The molecule has 1 atom stereocenters. The minimum Gasteiger partial charge on any atom is -0.345 e. The van der Waals surface area contributed by atoms with E-state index in [1.807, 2.05) is 44.2 Å². The Morgan fingerprint density at radius 2 is 1.64 bits per heavy atom. The predicted molar refractivity (Wildman–Crippen MR) is 84.6 cm³/mol. The van der Waals surface area contributed by atoms with Gasteiger partial charge in [0.15, 0.2) is 0 Å². The van der Waals surface area contributed by atoms with Crippen LogP contribution < -0.4 is 5.32 Å². The molecule has 0 aliphatic carbocycles. The average Bonchev–Trinajstić information content (AvgIpc) is 2.53. The Morgan fingerprint density at radius 1 is 1.05 bits per heavy atom. The first-order valence-corrected chi connectivity index (χ1v) is 7.09. The van der Waals surface area contributed by atoms with E-state index in [-0.39, 0.29) is 23.6 Å². The molecule has 2 aromatic carbocycles. The van der Waals surface area contributed by atoms with Gasteiger partial charge in [0.1, 0.15) is 0 Å². The van der Waals surface area contributed by atoms with Gasteiger partial charge in [0, 0.05) is 17.7 Å². The molecule has 0 saturated heterocycles. The predicted octanol–water partition coefficient (Wildman–Crippen LogP) is 3.72. The van der Waals surface area contributed by atoms with Gasteiger partial charge in [-0.2, -0.15) is 0 Å². The van der Waals surface area contributed by atoms with Gasteiger partial charge in [-0.3, -0.25) is 14.9 Å². The topological polar surface area (TPSA) is 72.2 Å². The van der Waals surface area contributed by atoms with E-state index in [2.05, 4.69) is 5.32 Å². The van der Waals surface area contributed by atoms with Crippen LogP contribution >= 0.6 is 0 Å². The molecular formula is C17H18N2O3. The second kappa shape index (κ2) is 6.85. The lowest BCUT2D eigenvalue weighted by atomic mass is 9.95. The SMILES string of the molecule is CC(C)C(NC(=O)c1ccc([N+](=O)[O-])cc1)c1ccccc1. The maximum absolute atomic E-state index is 12.3. The minimum atomic E-state index is -0.484.